The van der Waals surface area contributed by atoms with Crippen LogP contribution in [0.1, 0.15) is 23.7 Å². The number of para-hydroxylation sites is 1. The van der Waals surface area contributed by atoms with Crippen molar-refractivity contribution in [1.82, 2.24) is 19.9 Å². The van der Waals surface area contributed by atoms with Crippen LogP contribution in [0.3, 0.4) is 0 Å². The number of nitrogens with zero attached hydrogens (tertiary/aromatic N) is 4. The summed E-state index contributed by atoms with van der Waals surface area (Å²) in [7, 11) is 2.13. The molecule has 1 aromatic carbocycles. The zero-order valence-corrected chi connectivity index (χ0v) is 14.8. The first-order chi connectivity index (χ1) is 12.2. The van der Waals surface area contributed by atoms with Gasteiger partial charge in [-0.2, -0.15) is 4.98 Å². The number of hydrogen-bond donors (Lipinski definition) is 0. The molecular formula is C18H24N4O3. The Kier molecular flexibility index (Phi) is 4.59. The van der Waals surface area contributed by atoms with Crippen molar-refractivity contribution >= 4 is 0 Å². The quantitative estimate of drug-likeness (QED) is 0.820. The number of benzene rings is 1. The Morgan fingerprint density at radius 2 is 2.16 bits per heavy atom. The molecule has 1 fully saturated rings. The maximum absolute atomic E-state index is 5.83. The van der Waals surface area contributed by atoms with Gasteiger partial charge in [0, 0.05) is 38.2 Å². The van der Waals surface area contributed by atoms with Crippen LogP contribution in [0.4, 0.5) is 0 Å². The van der Waals surface area contributed by atoms with Crippen LogP contribution in [0.25, 0.3) is 0 Å². The van der Waals surface area contributed by atoms with Crippen LogP contribution >= 0.6 is 0 Å². The third kappa shape index (κ3) is 3.62. The average Bonchev–Trinajstić information content (AvgIpc) is 3.24. The molecule has 2 aliphatic rings. The fourth-order valence-electron chi connectivity index (χ4n) is 3.57. The van der Waals surface area contributed by atoms with E-state index in [1.165, 1.54) is 5.56 Å². The second-order valence-corrected chi connectivity index (χ2v) is 6.76. The van der Waals surface area contributed by atoms with Gasteiger partial charge in [-0.25, -0.2) is 0 Å². The van der Waals surface area contributed by atoms with E-state index < -0.39 is 0 Å². The molecular weight excluding hydrogens is 320 g/mol. The van der Waals surface area contributed by atoms with Crippen molar-refractivity contribution in [3.8, 4) is 11.5 Å². The smallest absolute Gasteiger partial charge is 0.223 e. The van der Waals surface area contributed by atoms with Crippen molar-refractivity contribution in [2.75, 3.05) is 33.4 Å². The summed E-state index contributed by atoms with van der Waals surface area (Å²) >= 11 is 0. The van der Waals surface area contributed by atoms with Crippen LogP contribution < -0.4 is 9.47 Å². The van der Waals surface area contributed by atoms with E-state index in [9.17, 15) is 0 Å². The van der Waals surface area contributed by atoms with E-state index in [-0.39, 0.29) is 0 Å². The molecule has 1 saturated heterocycles. The number of likely N-dealkylation sites (tertiary alicyclic amines) is 1. The van der Waals surface area contributed by atoms with Gasteiger partial charge < -0.3 is 14.0 Å². The van der Waals surface area contributed by atoms with E-state index in [1.54, 1.807) is 0 Å². The number of aromatic nitrogens is 2. The summed E-state index contributed by atoms with van der Waals surface area (Å²) in [6.07, 6.45) is 1.14. The van der Waals surface area contributed by atoms with Gasteiger partial charge in [-0.1, -0.05) is 17.3 Å². The van der Waals surface area contributed by atoms with Gasteiger partial charge in [-0.05, 0) is 19.5 Å². The molecule has 2 aromatic rings. The van der Waals surface area contributed by atoms with Gasteiger partial charge in [0.1, 0.15) is 13.2 Å². The van der Waals surface area contributed by atoms with Crippen molar-refractivity contribution in [1.29, 1.82) is 0 Å². The van der Waals surface area contributed by atoms with Crippen molar-refractivity contribution in [2.24, 2.45) is 0 Å². The fraction of sp³-hybridized carbons (Fsp3) is 0.556. The summed E-state index contributed by atoms with van der Waals surface area (Å²) < 4.78 is 16.6. The molecule has 1 unspecified atom stereocenters. The fourth-order valence-corrected chi connectivity index (χ4v) is 3.57. The molecule has 0 N–H and O–H groups in total. The number of ether oxygens (including phenoxy) is 2. The molecule has 0 amide bonds. The molecule has 25 heavy (non-hydrogen) atoms. The Bertz CT molecular complexity index is 733. The summed E-state index contributed by atoms with van der Waals surface area (Å²) in [5.41, 5.74) is 1.20. The number of hydrogen-bond acceptors (Lipinski definition) is 7. The Labute approximate surface area is 147 Å². The van der Waals surface area contributed by atoms with Gasteiger partial charge in [0.15, 0.2) is 17.3 Å². The maximum Gasteiger partial charge on any atom is 0.223 e. The lowest BCUT2D eigenvalue weighted by atomic mass is 10.1. The number of fused-ring (bicyclic) bond motifs is 1. The topological polar surface area (TPSA) is 63.9 Å². The average molecular weight is 344 g/mol. The molecule has 0 saturated carbocycles. The number of rotatable bonds is 5. The minimum absolute atomic E-state index is 0.496. The third-order valence-corrected chi connectivity index (χ3v) is 4.87. The molecule has 4 rings (SSSR count). The van der Waals surface area contributed by atoms with Crippen molar-refractivity contribution in [2.45, 2.75) is 32.5 Å². The van der Waals surface area contributed by atoms with Crippen molar-refractivity contribution in [3.63, 3.8) is 0 Å². The normalized spacial score (nSPS) is 20.4. The van der Waals surface area contributed by atoms with E-state index in [1.807, 2.05) is 19.1 Å². The van der Waals surface area contributed by atoms with E-state index in [0.717, 1.165) is 43.4 Å². The molecule has 1 aromatic heterocycles. The lowest BCUT2D eigenvalue weighted by Gasteiger charge is -2.25. The van der Waals surface area contributed by atoms with Crippen LogP contribution in [-0.4, -0.2) is 59.3 Å². The third-order valence-electron chi connectivity index (χ3n) is 4.87. The van der Waals surface area contributed by atoms with Crippen LogP contribution in [0.2, 0.25) is 0 Å². The van der Waals surface area contributed by atoms with Gasteiger partial charge >= 0.3 is 0 Å². The largest absolute Gasteiger partial charge is 0.486 e. The first kappa shape index (κ1) is 16.4. The highest BCUT2D eigenvalue weighted by Gasteiger charge is 2.27. The highest BCUT2D eigenvalue weighted by Crippen LogP contribution is 2.34. The highest BCUT2D eigenvalue weighted by molar-refractivity contribution is 5.47. The van der Waals surface area contributed by atoms with Crippen molar-refractivity contribution in [3.05, 3.63) is 35.5 Å². The molecule has 7 heteroatoms. The predicted octanol–water partition coefficient (Wildman–Crippen LogP) is 1.86. The number of likely N-dealkylation sites (N-methyl/N-ethyl adjacent to an activating group) is 1. The molecule has 0 spiro atoms. The summed E-state index contributed by atoms with van der Waals surface area (Å²) in [6, 6.07) is 6.65. The Hall–Kier alpha value is -2.12. The molecule has 0 radical (unpaired) electrons. The van der Waals surface area contributed by atoms with Gasteiger partial charge in [0.25, 0.3) is 0 Å². The van der Waals surface area contributed by atoms with Gasteiger partial charge in [0.05, 0.1) is 6.54 Å². The molecule has 3 heterocycles. The van der Waals surface area contributed by atoms with Gasteiger partial charge in [-0.3, -0.25) is 9.80 Å². The first-order valence-electron chi connectivity index (χ1n) is 8.78. The van der Waals surface area contributed by atoms with E-state index in [0.29, 0.717) is 31.7 Å². The van der Waals surface area contributed by atoms with Crippen LogP contribution in [0.5, 0.6) is 11.5 Å². The SMILES string of the molecule is Cc1nc(CN(C)C2CCN(Cc3cccc4c3OCCO4)C2)no1. The van der Waals surface area contributed by atoms with Gasteiger partial charge in [0.2, 0.25) is 5.89 Å². The first-order valence-corrected chi connectivity index (χ1v) is 8.78. The Morgan fingerprint density at radius 3 is 3.00 bits per heavy atom. The zero-order chi connectivity index (χ0) is 17.2. The van der Waals surface area contributed by atoms with E-state index in [2.05, 4.69) is 33.1 Å². The number of aryl methyl sites for hydroxylation is 1. The molecule has 7 nitrogen and oxygen atoms in total. The van der Waals surface area contributed by atoms with Crippen molar-refractivity contribution < 1.29 is 14.0 Å². The summed E-state index contributed by atoms with van der Waals surface area (Å²) in [5.74, 6) is 3.14. The highest BCUT2D eigenvalue weighted by atomic mass is 16.6. The van der Waals surface area contributed by atoms with Crippen LogP contribution in [0, 0.1) is 6.92 Å². The van der Waals surface area contributed by atoms with E-state index in [4.69, 9.17) is 14.0 Å². The molecule has 2 aliphatic heterocycles. The molecule has 1 atom stereocenters. The summed E-state index contributed by atoms with van der Waals surface area (Å²) in [6.45, 7) is 6.77. The molecule has 0 bridgehead atoms. The predicted molar refractivity (Wildman–Crippen MR) is 91.6 cm³/mol. The maximum atomic E-state index is 5.83. The van der Waals surface area contributed by atoms with Crippen LogP contribution in [0.15, 0.2) is 22.7 Å². The second kappa shape index (κ2) is 7.01. The second-order valence-electron chi connectivity index (χ2n) is 6.76. The molecule has 134 valence electrons. The molecule has 0 aliphatic carbocycles. The standard InChI is InChI=1S/C18H24N4O3/c1-13-19-17(20-25-13)12-21(2)15-6-7-22(11-15)10-14-4-3-5-16-18(14)24-9-8-23-16/h3-5,15H,6-12H2,1-2H3. The summed E-state index contributed by atoms with van der Waals surface area (Å²) in [4.78, 5) is 9.07. The Morgan fingerprint density at radius 1 is 1.28 bits per heavy atom. The Balaban J connectivity index is 1.36. The monoisotopic (exact) mass is 344 g/mol. The lowest BCUT2D eigenvalue weighted by molar-refractivity contribution is 0.166. The van der Waals surface area contributed by atoms with E-state index >= 15 is 0 Å². The lowest BCUT2D eigenvalue weighted by Crippen LogP contribution is -2.34. The van der Waals surface area contributed by atoms with Crippen LogP contribution in [-0.2, 0) is 13.1 Å². The minimum atomic E-state index is 0.496. The summed E-state index contributed by atoms with van der Waals surface area (Å²) in [5, 5.41) is 3.99. The van der Waals surface area contributed by atoms with Gasteiger partial charge in [-0.15, -0.1) is 0 Å². The minimum Gasteiger partial charge on any atom is -0.486 e. The zero-order valence-electron chi connectivity index (χ0n) is 14.8.